The van der Waals surface area contributed by atoms with E-state index in [1.54, 1.807) is 0 Å². The first-order chi connectivity index (χ1) is 3.68. The maximum Gasteiger partial charge on any atom is 0.308 e. The lowest BCUT2D eigenvalue weighted by Gasteiger charge is -1.83. The van der Waals surface area contributed by atoms with Crippen molar-refractivity contribution in [2.24, 2.45) is 5.16 Å². The summed E-state index contributed by atoms with van der Waals surface area (Å²) in [4.78, 5) is 13.6. The zero-order chi connectivity index (χ0) is 6.57. The highest BCUT2D eigenvalue weighted by molar-refractivity contribution is 6.80. The van der Waals surface area contributed by atoms with Gasteiger partial charge in [-0.05, 0) is 16.8 Å². The fourth-order valence-corrected chi connectivity index (χ4v) is 0.151. The minimum atomic E-state index is -1.34. The third-order valence-corrected chi connectivity index (χ3v) is 0.490. The van der Waals surface area contributed by atoms with Crippen molar-refractivity contribution in [3.05, 3.63) is 0 Å². The molecular formula is C3H4Cl2FNO2. The smallest absolute Gasteiger partial charge is 0.308 e. The van der Waals surface area contributed by atoms with Crippen LogP contribution >= 0.6 is 24.0 Å². The molecule has 54 valence electrons. The number of carbonyl (C=O) groups is 1. The van der Waals surface area contributed by atoms with E-state index in [-0.39, 0.29) is 12.4 Å². The summed E-state index contributed by atoms with van der Waals surface area (Å²) in [5.41, 5.74) is 0. The molecule has 0 N–H and O–H groups in total. The summed E-state index contributed by atoms with van der Waals surface area (Å²) in [7, 11) is 1.11. The third-order valence-electron chi connectivity index (χ3n) is 0.334. The summed E-state index contributed by atoms with van der Waals surface area (Å²) in [6, 6.07) is 0. The van der Waals surface area contributed by atoms with Crippen molar-refractivity contribution in [3.8, 4) is 0 Å². The van der Waals surface area contributed by atoms with E-state index in [1.807, 2.05) is 0 Å². The van der Waals surface area contributed by atoms with E-state index in [4.69, 9.17) is 0 Å². The van der Waals surface area contributed by atoms with Crippen LogP contribution in [-0.2, 0) is 9.63 Å². The van der Waals surface area contributed by atoms with Crippen LogP contribution in [0.3, 0.4) is 0 Å². The summed E-state index contributed by atoms with van der Waals surface area (Å²) >= 11 is 4.58. The van der Waals surface area contributed by atoms with E-state index in [1.165, 1.54) is 0 Å². The molecule has 0 atom stereocenters. The maximum absolute atomic E-state index is 11.7. The van der Waals surface area contributed by atoms with Crippen LogP contribution in [-0.4, -0.2) is 18.3 Å². The van der Waals surface area contributed by atoms with Crippen molar-refractivity contribution in [2.75, 3.05) is 7.11 Å². The second kappa shape index (κ2) is 5.78. The first kappa shape index (κ1) is 11.4. The van der Waals surface area contributed by atoms with E-state index >= 15 is 0 Å². The van der Waals surface area contributed by atoms with Crippen LogP contribution in [0.15, 0.2) is 5.16 Å². The molecule has 0 unspecified atom stereocenters. The van der Waals surface area contributed by atoms with E-state index in [9.17, 15) is 9.18 Å². The Balaban J connectivity index is 0. The fraction of sp³-hybridized carbons (Fsp3) is 0.333. The van der Waals surface area contributed by atoms with Gasteiger partial charge in [0, 0.05) is 0 Å². The van der Waals surface area contributed by atoms with Crippen molar-refractivity contribution < 1.29 is 14.0 Å². The Hall–Kier alpha value is -0.350. The number of nitrogens with zero attached hydrogens (tertiary/aromatic N) is 1. The number of halogens is 3. The monoisotopic (exact) mass is 175 g/mol. The molecule has 0 aromatic rings. The molecule has 0 heterocycles. The lowest BCUT2D eigenvalue weighted by molar-refractivity contribution is -0.107. The molecule has 0 fully saturated rings. The summed E-state index contributed by atoms with van der Waals surface area (Å²) < 4.78 is 11.7. The molecule has 0 bridgehead atoms. The second-order valence-corrected chi connectivity index (χ2v) is 1.18. The van der Waals surface area contributed by atoms with Gasteiger partial charge in [-0.25, -0.2) is 0 Å². The first-order valence-electron chi connectivity index (χ1n) is 1.65. The first-order valence-corrected chi connectivity index (χ1v) is 2.02. The molecule has 6 heteroatoms. The number of oxime groups is 1. The molecule has 0 spiro atoms. The van der Waals surface area contributed by atoms with Gasteiger partial charge in [-0.1, -0.05) is 0 Å². The van der Waals surface area contributed by atoms with Crippen LogP contribution in [0.2, 0.25) is 0 Å². The molecule has 0 saturated carbocycles. The van der Waals surface area contributed by atoms with Crippen LogP contribution in [0.5, 0.6) is 0 Å². The summed E-state index contributed by atoms with van der Waals surface area (Å²) in [5, 5.41) is 1.34. The van der Waals surface area contributed by atoms with Gasteiger partial charge in [0.1, 0.15) is 7.11 Å². The van der Waals surface area contributed by atoms with Gasteiger partial charge < -0.3 is 4.84 Å². The van der Waals surface area contributed by atoms with Crippen molar-refractivity contribution in [2.45, 2.75) is 0 Å². The van der Waals surface area contributed by atoms with E-state index in [0.717, 1.165) is 7.11 Å². The highest BCUT2D eigenvalue weighted by atomic mass is 35.5. The Bertz CT molecular complexity index is 127. The molecule has 0 aliphatic carbocycles. The topological polar surface area (TPSA) is 38.7 Å². The van der Waals surface area contributed by atoms with Crippen LogP contribution < -0.4 is 0 Å². The zero-order valence-electron chi connectivity index (χ0n) is 4.43. The summed E-state index contributed by atoms with van der Waals surface area (Å²) in [6.45, 7) is 0. The minimum absolute atomic E-state index is 0. The average molecular weight is 176 g/mol. The van der Waals surface area contributed by atoms with Crippen molar-refractivity contribution >= 4 is 35.2 Å². The van der Waals surface area contributed by atoms with Gasteiger partial charge in [-0.15, -0.1) is 12.4 Å². The minimum Gasteiger partial charge on any atom is -0.397 e. The summed E-state index contributed by atoms with van der Waals surface area (Å²) in [5.74, 6) is -1.34. The maximum atomic E-state index is 11.7. The van der Waals surface area contributed by atoms with Crippen LogP contribution in [0.1, 0.15) is 0 Å². The molecule has 0 amide bonds. The standard InChI is InChI=1S/C3H3ClFNO2.ClH/c1-8-6-3(5)2(4)7;/h1H3;1H/b6-3+;. The Morgan fingerprint density at radius 2 is 2.22 bits per heavy atom. The van der Waals surface area contributed by atoms with Crippen molar-refractivity contribution in [3.63, 3.8) is 0 Å². The quantitative estimate of drug-likeness (QED) is 0.359. The number of rotatable bonds is 2. The van der Waals surface area contributed by atoms with Gasteiger partial charge in [0.2, 0.25) is 0 Å². The van der Waals surface area contributed by atoms with Crippen LogP contribution in [0.4, 0.5) is 4.39 Å². The molecule has 0 aromatic heterocycles. The molecule has 0 radical (unpaired) electrons. The largest absolute Gasteiger partial charge is 0.397 e. The molecule has 3 nitrogen and oxygen atoms in total. The van der Waals surface area contributed by atoms with E-state index < -0.39 is 11.2 Å². The van der Waals surface area contributed by atoms with Crippen LogP contribution in [0.25, 0.3) is 0 Å². The molecular weight excluding hydrogens is 172 g/mol. The molecule has 9 heavy (non-hydrogen) atoms. The predicted octanol–water partition coefficient (Wildman–Crippen LogP) is 1.10. The van der Waals surface area contributed by atoms with Crippen molar-refractivity contribution in [1.29, 1.82) is 0 Å². The Labute approximate surface area is 62.2 Å². The molecule has 0 rings (SSSR count). The Morgan fingerprint density at radius 3 is 2.33 bits per heavy atom. The lowest BCUT2D eigenvalue weighted by Crippen LogP contribution is -1.98. The average Bonchev–Trinajstić information content (AvgIpc) is 1.67. The van der Waals surface area contributed by atoms with Gasteiger partial charge in [0.15, 0.2) is 0 Å². The second-order valence-electron chi connectivity index (χ2n) is 0.838. The van der Waals surface area contributed by atoms with Gasteiger partial charge in [-0.2, -0.15) is 4.39 Å². The van der Waals surface area contributed by atoms with Crippen molar-refractivity contribution in [1.82, 2.24) is 0 Å². The van der Waals surface area contributed by atoms with Gasteiger partial charge in [0.25, 0.3) is 0 Å². The van der Waals surface area contributed by atoms with Gasteiger partial charge in [0.05, 0.1) is 0 Å². The SMILES string of the molecule is CO/N=C(/F)C(=O)Cl.Cl. The number of carbonyl (C=O) groups excluding carboxylic acids is 1. The highest BCUT2D eigenvalue weighted by Gasteiger charge is 2.04. The normalized spacial score (nSPS) is 9.89. The molecule has 0 aromatic carbocycles. The highest BCUT2D eigenvalue weighted by Crippen LogP contribution is 1.87. The van der Waals surface area contributed by atoms with Gasteiger partial charge >= 0.3 is 11.2 Å². The Kier molecular flexibility index (Phi) is 7.35. The Morgan fingerprint density at radius 1 is 1.78 bits per heavy atom. The van der Waals surface area contributed by atoms with Crippen LogP contribution in [0, 0.1) is 0 Å². The van der Waals surface area contributed by atoms with E-state index in [0.29, 0.717) is 0 Å². The summed E-state index contributed by atoms with van der Waals surface area (Å²) in [6.07, 6.45) is 0. The number of hydrogen-bond acceptors (Lipinski definition) is 3. The molecule has 0 aliphatic rings. The van der Waals surface area contributed by atoms with E-state index in [2.05, 4.69) is 21.6 Å². The fourth-order valence-electron chi connectivity index (χ4n) is 0.116. The zero-order valence-corrected chi connectivity index (χ0v) is 6.00. The molecule has 0 saturated heterocycles. The number of hydrogen-bond donors (Lipinski definition) is 0. The lowest BCUT2D eigenvalue weighted by atomic mass is 10.8. The predicted molar refractivity (Wildman–Crippen MR) is 33.7 cm³/mol. The van der Waals surface area contributed by atoms with Gasteiger partial charge in [-0.3, -0.25) is 4.79 Å². The third kappa shape index (κ3) is 5.52. The molecule has 0 aliphatic heterocycles.